The molecule has 0 N–H and O–H groups in total. The minimum absolute atomic E-state index is 0.0459. The summed E-state index contributed by atoms with van der Waals surface area (Å²) in [6.45, 7) is 6.11. The molecule has 0 aliphatic carbocycles. The maximum Gasteiger partial charge on any atom is 0.325 e. The van der Waals surface area contributed by atoms with Crippen LogP contribution in [0.3, 0.4) is 0 Å². The van der Waals surface area contributed by atoms with E-state index in [0.717, 1.165) is 36.0 Å². The summed E-state index contributed by atoms with van der Waals surface area (Å²) in [4.78, 5) is 46.9. The lowest BCUT2D eigenvalue weighted by molar-refractivity contribution is -0.136. The number of urea groups is 1. The van der Waals surface area contributed by atoms with Gasteiger partial charge in [-0.1, -0.05) is 48.0 Å². The molecule has 2 aromatic carbocycles. The fraction of sp³-hybridized carbons (Fsp3) is 0.452. The van der Waals surface area contributed by atoms with Crippen molar-refractivity contribution in [3.63, 3.8) is 0 Å². The molecule has 1 saturated heterocycles. The average Bonchev–Trinajstić information content (AvgIpc) is 3.12. The van der Waals surface area contributed by atoms with Crippen LogP contribution in [0.4, 0.5) is 4.79 Å². The Morgan fingerprint density at radius 1 is 1.02 bits per heavy atom. The van der Waals surface area contributed by atoms with Gasteiger partial charge in [0.2, 0.25) is 11.8 Å². The van der Waals surface area contributed by atoms with E-state index in [4.69, 9.17) is 16.3 Å². The Morgan fingerprint density at radius 3 is 2.45 bits per heavy atom. The Kier molecular flexibility index (Phi) is 8.35. The van der Waals surface area contributed by atoms with Crippen LogP contribution in [0.1, 0.15) is 43.4 Å². The highest BCUT2D eigenvalue weighted by Gasteiger charge is 2.34. The van der Waals surface area contributed by atoms with E-state index in [2.05, 4.69) is 6.07 Å². The molecule has 5 rings (SSSR count). The Hall–Kier alpha value is -3.52. The van der Waals surface area contributed by atoms with Gasteiger partial charge in [0.05, 0.1) is 18.6 Å². The number of nitrogens with zero attached hydrogens (tertiary/aromatic N) is 4. The van der Waals surface area contributed by atoms with Crippen molar-refractivity contribution in [2.75, 3.05) is 39.8 Å². The van der Waals surface area contributed by atoms with Crippen molar-refractivity contribution in [3.05, 3.63) is 70.4 Å². The highest BCUT2D eigenvalue weighted by molar-refractivity contribution is 6.33. The summed E-state index contributed by atoms with van der Waals surface area (Å²) >= 11 is 6.61. The summed E-state index contributed by atoms with van der Waals surface area (Å²) in [5.41, 5.74) is 3.99. The smallest absolute Gasteiger partial charge is 0.325 e. The molecule has 0 radical (unpaired) electrons. The highest BCUT2D eigenvalue weighted by Crippen LogP contribution is 2.35. The summed E-state index contributed by atoms with van der Waals surface area (Å²) in [7, 11) is 1.57. The third-order valence-electron chi connectivity index (χ3n) is 8.26. The first-order valence-corrected chi connectivity index (χ1v) is 14.4. The molecule has 40 heavy (non-hydrogen) atoms. The average molecular weight is 565 g/mol. The molecular weight excluding hydrogens is 528 g/mol. The van der Waals surface area contributed by atoms with E-state index in [0.29, 0.717) is 43.4 Å². The predicted octanol–water partition coefficient (Wildman–Crippen LogP) is 4.45. The van der Waals surface area contributed by atoms with Crippen LogP contribution in [-0.4, -0.2) is 89.4 Å². The van der Waals surface area contributed by atoms with Crippen LogP contribution in [-0.2, 0) is 22.4 Å². The van der Waals surface area contributed by atoms with Crippen LogP contribution in [0.15, 0.2) is 48.7 Å². The third-order valence-corrected chi connectivity index (χ3v) is 8.65. The minimum atomic E-state index is -0.198. The summed E-state index contributed by atoms with van der Waals surface area (Å²) in [5.74, 6) is 0.626. The van der Waals surface area contributed by atoms with Gasteiger partial charge in [-0.25, -0.2) is 4.79 Å². The fourth-order valence-corrected chi connectivity index (χ4v) is 6.28. The molecule has 2 aromatic rings. The standard InChI is InChI=1S/C31H37ClN4O4/c1-21(2)36-19-24(26-9-6-10-27(40-3)30(26)32)18-34(31(36)39)20-29(38)33-14-12-25(13-15-33)35-16-11-22-7-4-5-8-23(22)17-28(35)37/h4-10,18,21,25H,11-17,19-20H2,1-3H3. The molecule has 1 fully saturated rings. The second-order valence-electron chi connectivity index (χ2n) is 11.0. The number of ether oxygens (including phenoxy) is 1. The second-order valence-corrected chi connectivity index (χ2v) is 11.4. The number of amides is 4. The van der Waals surface area contributed by atoms with E-state index in [9.17, 15) is 14.4 Å². The number of carbonyl (C=O) groups excluding carboxylic acids is 3. The molecule has 0 bridgehead atoms. The van der Waals surface area contributed by atoms with E-state index in [1.807, 2.05) is 54.0 Å². The molecule has 212 valence electrons. The number of halogens is 1. The third kappa shape index (κ3) is 5.68. The number of piperidine rings is 1. The summed E-state index contributed by atoms with van der Waals surface area (Å²) in [6.07, 6.45) is 4.52. The van der Waals surface area contributed by atoms with Crippen molar-refractivity contribution < 1.29 is 19.1 Å². The SMILES string of the molecule is COc1cccc(C2=CN(CC(=O)N3CCC(N4CCc5ccccc5CC4=O)CC3)C(=O)N(C(C)C)C2)c1Cl. The first kappa shape index (κ1) is 28.0. The highest BCUT2D eigenvalue weighted by atomic mass is 35.5. The van der Waals surface area contributed by atoms with Crippen molar-refractivity contribution in [1.29, 1.82) is 0 Å². The van der Waals surface area contributed by atoms with Gasteiger partial charge < -0.3 is 19.4 Å². The van der Waals surface area contributed by atoms with Crippen LogP contribution in [0.25, 0.3) is 5.57 Å². The van der Waals surface area contributed by atoms with Gasteiger partial charge >= 0.3 is 6.03 Å². The zero-order valence-corrected chi connectivity index (χ0v) is 24.2. The normalized spacial score (nSPS) is 18.6. The number of methoxy groups -OCH3 is 1. The van der Waals surface area contributed by atoms with E-state index >= 15 is 0 Å². The number of likely N-dealkylation sites (tertiary alicyclic amines) is 1. The first-order valence-electron chi connectivity index (χ1n) is 14.0. The Labute approximate surface area is 241 Å². The van der Waals surface area contributed by atoms with Crippen LogP contribution >= 0.6 is 11.6 Å². The molecule has 0 saturated carbocycles. The second kappa shape index (κ2) is 11.9. The van der Waals surface area contributed by atoms with Crippen molar-refractivity contribution >= 4 is 35.0 Å². The van der Waals surface area contributed by atoms with Crippen LogP contribution < -0.4 is 4.74 Å². The summed E-state index contributed by atoms with van der Waals surface area (Å²) in [5, 5.41) is 0.480. The molecule has 0 unspecified atom stereocenters. The Bertz CT molecular complexity index is 1320. The van der Waals surface area contributed by atoms with Gasteiger partial charge in [-0.05, 0) is 55.9 Å². The number of carbonyl (C=O) groups is 3. The minimum Gasteiger partial charge on any atom is -0.495 e. The maximum absolute atomic E-state index is 13.4. The van der Waals surface area contributed by atoms with E-state index in [-0.39, 0.29) is 36.5 Å². The van der Waals surface area contributed by atoms with Gasteiger partial charge in [0, 0.05) is 50.0 Å². The zero-order chi connectivity index (χ0) is 28.4. The Balaban J connectivity index is 1.25. The molecule has 3 aliphatic rings. The van der Waals surface area contributed by atoms with Crippen molar-refractivity contribution in [2.24, 2.45) is 0 Å². The lowest BCUT2D eigenvalue weighted by atomic mass is 10.0. The van der Waals surface area contributed by atoms with Gasteiger partial charge in [-0.15, -0.1) is 0 Å². The van der Waals surface area contributed by atoms with Gasteiger partial charge in [0.15, 0.2) is 0 Å². The van der Waals surface area contributed by atoms with Gasteiger partial charge in [-0.3, -0.25) is 14.5 Å². The fourth-order valence-electron chi connectivity index (χ4n) is 5.95. The molecule has 0 aromatic heterocycles. The van der Waals surface area contributed by atoms with E-state index in [1.165, 1.54) is 10.5 Å². The monoisotopic (exact) mass is 564 g/mol. The number of hydrogen-bond donors (Lipinski definition) is 0. The number of fused-ring (bicyclic) bond motifs is 1. The predicted molar refractivity (Wildman–Crippen MR) is 155 cm³/mol. The van der Waals surface area contributed by atoms with Crippen LogP contribution in [0.2, 0.25) is 5.02 Å². The molecule has 0 atom stereocenters. The van der Waals surface area contributed by atoms with Crippen molar-refractivity contribution in [3.8, 4) is 5.75 Å². The first-order chi connectivity index (χ1) is 19.3. The summed E-state index contributed by atoms with van der Waals surface area (Å²) in [6, 6.07) is 13.6. The number of hydrogen-bond acceptors (Lipinski definition) is 4. The van der Waals surface area contributed by atoms with Crippen molar-refractivity contribution in [2.45, 2.75) is 51.6 Å². The quantitative estimate of drug-likeness (QED) is 0.519. The molecular formula is C31H37ClN4O4. The molecule has 0 spiro atoms. The topological polar surface area (TPSA) is 73.4 Å². The molecule has 4 amide bonds. The van der Waals surface area contributed by atoms with Gasteiger partial charge in [0.25, 0.3) is 0 Å². The van der Waals surface area contributed by atoms with Crippen molar-refractivity contribution in [1.82, 2.24) is 19.6 Å². The molecule has 3 heterocycles. The lowest BCUT2D eigenvalue weighted by Crippen LogP contribution is -2.53. The Morgan fingerprint density at radius 2 is 1.75 bits per heavy atom. The van der Waals surface area contributed by atoms with E-state index in [1.54, 1.807) is 24.3 Å². The summed E-state index contributed by atoms with van der Waals surface area (Å²) < 4.78 is 5.39. The molecule has 8 nitrogen and oxygen atoms in total. The van der Waals surface area contributed by atoms with Gasteiger partial charge in [0.1, 0.15) is 12.3 Å². The maximum atomic E-state index is 13.4. The lowest BCUT2D eigenvalue weighted by Gasteiger charge is -2.40. The zero-order valence-electron chi connectivity index (χ0n) is 23.4. The molecule has 3 aliphatic heterocycles. The van der Waals surface area contributed by atoms with Crippen LogP contribution in [0.5, 0.6) is 5.75 Å². The number of rotatable bonds is 6. The van der Waals surface area contributed by atoms with E-state index < -0.39 is 0 Å². The van der Waals surface area contributed by atoms with Gasteiger partial charge in [-0.2, -0.15) is 0 Å². The van der Waals surface area contributed by atoms with Crippen LogP contribution in [0, 0.1) is 0 Å². The molecule has 9 heteroatoms. The largest absolute Gasteiger partial charge is 0.495 e. The number of benzene rings is 2.